The fraction of sp³-hybridized carbons (Fsp3) is 0.500. The van der Waals surface area contributed by atoms with Crippen LogP contribution in [0.4, 0.5) is 0 Å². The summed E-state index contributed by atoms with van der Waals surface area (Å²) >= 11 is 0. The van der Waals surface area contributed by atoms with E-state index in [0.717, 1.165) is 17.0 Å². The molecule has 100 valence electrons. The lowest BCUT2D eigenvalue weighted by atomic mass is 10.0. The third-order valence-electron chi connectivity index (χ3n) is 3.88. The molecule has 1 saturated carbocycles. The van der Waals surface area contributed by atoms with Crippen molar-refractivity contribution in [3.63, 3.8) is 0 Å². The summed E-state index contributed by atoms with van der Waals surface area (Å²) in [4.78, 5) is 15.3. The van der Waals surface area contributed by atoms with Crippen molar-refractivity contribution in [1.29, 1.82) is 0 Å². The number of aliphatic carboxylic acids is 1. The molecule has 1 aliphatic carbocycles. The van der Waals surface area contributed by atoms with Gasteiger partial charge in [0.2, 0.25) is 0 Å². The maximum Gasteiger partial charge on any atom is 0.309 e. The second-order valence-electron chi connectivity index (χ2n) is 5.22. The van der Waals surface area contributed by atoms with Crippen molar-refractivity contribution in [3.8, 4) is 0 Å². The van der Waals surface area contributed by atoms with Crippen molar-refractivity contribution in [2.75, 3.05) is 0 Å². The zero-order chi connectivity index (χ0) is 13.4. The first kappa shape index (κ1) is 12.1. The summed E-state index contributed by atoms with van der Waals surface area (Å²) in [5.41, 5.74) is 3.23. The van der Waals surface area contributed by atoms with Crippen molar-refractivity contribution >= 4 is 11.6 Å². The molecule has 19 heavy (non-hydrogen) atoms. The fourth-order valence-electron chi connectivity index (χ4n) is 2.89. The number of carboxylic acid groups (broad SMARTS) is 1. The van der Waals surface area contributed by atoms with Crippen molar-refractivity contribution in [3.05, 3.63) is 29.2 Å². The van der Waals surface area contributed by atoms with E-state index >= 15 is 0 Å². The number of carbonyl (C=O) groups is 1. The Balaban J connectivity index is 2.06. The third-order valence-corrected chi connectivity index (χ3v) is 3.88. The standard InChI is InChI=1S/C14H17N3O2/c1-9-12(8-14(18)19)17-13(15-9)7-6-11(16-17)10-4-2-3-5-10/h6-7,10H,2-5,8H2,1H3,(H,18,19). The van der Waals surface area contributed by atoms with Gasteiger partial charge in [-0.15, -0.1) is 0 Å². The highest BCUT2D eigenvalue weighted by Gasteiger charge is 2.20. The number of imidazole rings is 1. The maximum atomic E-state index is 10.9. The number of rotatable bonds is 3. The molecule has 2 aromatic rings. The quantitative estimate of drug-likeness (QED) is 0.918. The SMILES string of the molecule is Cc1nc2ccc(C3CCCC3)nn2c1CC(=O)O. The summed E-state index contributed by atoms with van der Waals surface area (Å²) in [6.45, 7) is 1.84. The predicted octanol–water partition coefficient (Wildman–Crippen LogP) is 2.32. The molecular formula is C14H17N3O2. The minimum Gasteiger partial charge on any atom is -0.481 e. The lowest BCUT2D eigenvalue weighted by Gasteiger charge is -2.09. The molecule has 5 nitrogen and oxygen atoms in total. The van der Waals surface area contributed by atoms with Crippen LogP contribution in [-0.2, 0) is 11.2 Å². The number of carboxylic acids is 1. The van der Waals surface area contributed by atoms with Crippen LogP contribution in [0.2, 0.25) is 0 Å². The summed E-state index contributed by atoms with van der Waals surface area (Å²) in [5, 5.41) is 13.6. The fourth-order valence-corrected chi connectivity index (χ4v) is 2.89. The maximum absolute atomic E-state index is 10.9. The number of hydrogen-bond acceptors (Lipinski definition) is 3. The smallest absolute Gasteiger partial charge is 0.309 e. The van der Waals surface area contributed by atoms with E-state index in [1.54, 1.807) is 4.52 Å². The molecule has 1 fully saturated rings. The summed E-state index contributed by atoms with van der Waals surface area (Å²) < 4.78 is 1.71. The predicted molar refractivity (Wildman–Crippen MR) is 70.3 cm³/mol. The Kier molecular flexibility index (Phi) is 2.97. The van der Waals surface area contributed by atoms with Gasteiger partial charge in [0.15, 0.2) is 5.65 Å². The molecule has 0 bridgehead atoms. The van der Waals surface area contributed by atoms with Crippen LogP contribution >= 0.6 is 0 Å². The van der Waals surface area contributed by atoms with Crippen LogP contribution in [0.1, 0.15) is 48.7 Å². The average Bonchev–Trinajstić information content (AvgIpc) is 2.98. The minimum absolute atomic E-state index is 0.0336. The molecule has 0 aromatic carbocycles. The first-order valence-electron chi connectivity index (χ1n) is 6.72. The van der Waals surface area contributed by atoms with Gasteiger partial charge in [-0.2, -0.15) is 5.10 Å². The van der Waals surface area contributed by atoms with Crippen LogP contribution in [0.15, 0.2) is 12.1 Å². The first-order valence-corrected chi connectivity index (χ1v) is 6.72. The second-order valence-corrected chi connectivity index (χ2v) is 5.22. The van der Waals surface area contributed by atoms with Gasteiger partial charge >= 0.3 is 5.97 Å². The molecule has 0 saturated heterocycles. The van der Waals surface area contributed by atoms with E-state index in [2.05, 4.69) is 10.1 Å². The van der Waals surface area contributed by atoms with Crippen LogP contribution in [0.5, 0.6) is 0 Å². The van der Waals surface area contributed by atoms with Gasteiger partial charge in [-0.3, -0.25) is 4.79 Å². The molecule has 2 heterocycles. The van der Waals surface area contributed by atoms with Crippen molar-refractivity contribution < 1.29 is 9.90 Å². The van der Waals surface area contributed by atoms with Crippen LogP contribution in [0.3, 0.4) is 0 Å². The number of aromatic nitrogens is 3. The van der Waals surface area contributed by atoms with Crippen molar-refractivity contribution in [1.82, 2.24) is 14.6 Å². The number of hydrogen-bond donors (Lipinski definition) is 1. The van der Waals surface area contributed by atoms with Crippen molar-refractivity contribution in [2.45, 2.75) is 44.9 Å². The Morgan fingerprint density at radius 3 is 2.84 bits per heavy atom. The first-order chi connectivity index (χ1) is 9.15. The van der Waals surface area contributed by atoms with Gasteiger partial charge in [0, 0.05) is 5.92 Å². The van der Waals surface area contributed by atoms with Crippen LogP contribution < -0.4 is 0 Å². The van der Waals surface area contributed by atoms with Gasteiger partial charge in [-0.1, -0.05) is 12.8 Å². The van der Waals surface area contributed by atoms with Crippen LogP contribution in [-0.4, -0.2) is 25.7 Å². The molecule has 1 N–H and O–H groups in total. The summed E-state index contributed by atoms with van der Waals surface area (Å²) in [6.07, 6.45) is 4.85. The summed E-state index contributed by atoms with van der Waals surface area (Å²) in [7, 11) is 0. The minimum atomic E-state index is -0.849. The number of aryl methyl sites for hydroxylation is 1. The molecule has 1 aliphatic rings. The van der Waals surface area contributed by atoms with Gasteiger partial charge < -0.3 is 5.11 Å². The Labute approximate surface area is 111 Å². The van der Waals surface area contributed by atoms with E-state index < -0.39 is 5.97 Å². The zero-order valence-electron chi connectivity index (χ0n) is 11.0. The highest BCUT2D eigenvalue weighted by molar-refractivity contribution is 5.70. The molecule has 0 radical (unpaired) electrons. The van der Waals surface area contributed by atoms with Gasteiger partial charge in [-0.25, -0.2) is 9.50 Å². The van der Waals surface area contributed by atoms with Gasteiger partial charge in [0.25, 0.3) is 0 Å². The van der Waals surface area contributed by atoms with Gasteiger partial charge in [-0.05, 0) is 31.9 Å². The highest BCUT2D eigenvalue weighted by Crippen LogP contribution is 2.33. The molecule has 0 atom stereocenters. The van der Waals surface area contributed by atoms with Gasteiger partial charge in [0.05, 0.1) is 23.5 Å². The van der Waals surface area contributed by atoms with E-state index in [1.165, 1.54) is 25.7 Å². The Morgan fingerprint density at radius 2 is 2.16 bits per heavy atom. The molecule has 5 heteroatoms. The topological polar surface area (TPSA) is 67.5 Å². The Hall–Kier alpha value is -1.91. The van der Waals surface area contributed by atoms with E-state index in [-0.39, 0.29) is 6.42 Å². The van der Waals surface area contributed by atoms with E-state index in [1.807, 2.05) is 19.1 Å². The molecule has 0 amide bonds. The van der Waals surface area contributed by atoms with Crippen LogP contribution in [0, 0.1) is 6.92 Å². The molecule has 0 aliphatic heterocycles. The highest BCUT2D eigenvalue weighted by atomic mass is 16.4. The van der Waals surface area contributed by atoms with Gasteiger partial charge in [0.1, 0.15) is 0 Å². The molecule has 2 aromatic heterocycles. The number of fused-ring (bicyclic) bond motifs is 1. The van der Waals surface area contributed by atoms with E-state index in [9.17, 15) is 4.79 Å². The molecular weight excluding hydrogens is 242 g/mol. The summed E-state index contributed by atoms with van der Waals surface area (Å²) in [5.74, 6) is -0.331. The lowest BCUT2D eigenvalue weighted by Crippen LogP contribution is -2.08. The molecule has 0 unspecified atom stereocenters. The largest absolute Gasteiger partial charge is 0.481 e. The van der Waals surface area contributed by atoms with E-state index in [0.29, 0.717) is 11.6 Å². The van der Waals surface area contributed by atoms with Crippen molar-refractivity contribution in [2.24, 2.45) is 0 Å². The lowest BCUT2D eigenvalue weighted by molar-refractivity contribution is -0.136. The Morgan fingerprint density at radius 1 is 1.42 bits per heavy atom. The second kappa shape index (κ2) is 4.64. The monoisotopic (exact) mass is 259 g/mol. The van der Waals surface area contributed by atoms with Crippen LogP contribution in [0.25, 0.3) is 5.65 Å². The molecule has 0 spiro atoms. The Bertz CT molecular complexity index is 627. The summed E-state index contributed by atoms with van der Waals surface area (Å²) in [6, 6.07) is 3.97. The number of nitrogens with zero attached hydrogens (tertiary/aromatic N) is 3. The average molecular weight is 259 g/mol. The normalized spacial score (nSPS) is 16.3. The van der Waals surface area contributed by atoms with E-state index in [4.69, 9.17) is 5.11 Å². The zero-order valence-corrected chi connectivity index (χ0v) is 11.0. The molecule has 3 rings (SSSR count). The third kappa shape index (κ3) is 2.20.